The summed E-state index contributed by atoms with van der Waals surface area (Å²) in [5, 5.41) is 18.3. The molecule has 354 valence electrons. The monoisotopic (exact) mass is 975 g/mol. The summed E-state index contributed by atoms with van der Waals surface area (Å²) in [6.45, 7) is 0. The number of halogens is 6. The van der Waals surface area contributed by atoms with Gasteiger partial charge in [0.25, 0.3) is 0 Å². The molecule has 0 saturated heterocycles. The van der Waals surface area contributed by atoms with E-state index in [0.717, 1.165) is 88.1 Å². The molecule has 0 N–H and O–H groups in total. The molecule has 0 unspecified atom stereocenters. The topological polar surface area (TPSA) is 43.5 Å². The molecule has 0 radical (unpaired) electrons. The van der Waals surface area contributed by atoms with Crippen molar-refractivity contribution >= 4 is 87.2 Å². The molecule has 14 rings (SSSR count). The van der Waals surface area contributed by atoms with Gasteiger partial charge in [-0.05, 0) is 72.8 Å². The molecule has 0 aliphatic heterocycles. The van der Waals surface area contributed by atoms with E-state index in [1.165, 1.54) is 12.1 Å². The highest BCUT2D eigenvalue weighted by atomic mass is 19.4. The van der Waals surface area contributed by atoms with Crippen LogP contribution in [0.25, 0.3) is 121 Å². The summed E-state index contributed by atoms with van der Waals surface area (Å²) in [7, 11) is 0. The van der Waals surface area contributed by atoms with Crippen LogP contribution in [0, 0.1) is 11.3 Å². The number of alkyl halides is 6. The van der Waals surface area contributed by atoms with Crippen LogP contribution in [0.1, 0.15) is 16.7 Å². The van der Waals surface area contributed by atoms with Crippen molar-refractivity contribution < 1.29 is 26.3 Å². The zero-order chi connectivity index (χ0) is 50.2. The third-order valence-corrected chi connectivity index (χ3v) is 14.6. The first-order valence-electron chi connectivity index (χ1n) is 23.9. The normalized spacial score (nSPS) is 12.4. The largest absolute Gasteiger partial charge is 0.417 e. The van der Waals surface area contributed by atoms with Crippen molar-refractivity contribution in [3.63, 3.8) is 0 Å². The maximum atomic E-state index is 15.4. The van der Waals surface area contributed by atoms with Crippen molar-refractivity contribution in [1.82, 2.24) is 18.3 Å². The van der Waals surface area contributed by atoms with Gasteiger partial charge in [-0.2, -0.15) is 31.6 Å². The Kier molecular flexibility index (Phi) is 9.20. The van der Waals surface area contributed by atoms with E-state index >= 15 is 26.3 Å². The van der Waals surface area contributed by atoms with Crippen LogP contribution in [0.4, 0.5) is 26.3 Å². The van der Waals surface area contributed by atoms with Gasteiger partial charge < -0.3 is 18.3 Å². The molecule has 4 heterocycles. The number of nitrogens with zero attached hydrogens (tertiary/aromatic N) is 5. The third-order valence-electron chi connectivity index (χ3n) is 14.6. The number of benzene rings is 10. The number of fused-ring (bicyclic) bond motifs is 14. The highest BCUT2D eigenvalue weighted by molar-refractivity contribution is 6.26. The Morgan fingerprint density at radius 1 is 0.324 bits per heavy atom. The van der Waals surface area contributed by atoms with Gasteiger partial charge in [0.1, 0.15) is 0 Å². The highest BCUT2D eigenvalue weighted by Gasteiger charge is 2.42. The number of nitriles is 1. The second-order valence-corrected chi connectivity index (χ2v) is 18.5. The molecule has 4 aromatic heterocycles. The average Bonchev–Trinajstić information content (AvgIpc) is 4.15. The summed E-state index contributed by atoms with van der Waals surface area (Å²) >= 11 is 0. The highest BCUT2D eigenvalue weighted by Crippen LogP contribution is 2.50. The summed E-state index contributed by atoms with van der Waals surface area (Å²) in [5.74, 6) is 0. The maximum absolute atomic E-state index is 15.4. The summed E-state index contributed by atoms with van der Waals surface area (Å²) in [6.07, 6.45) is -10.5. The minimum Gasteiger partial charge on any atom is -0.307 e. The summed E-state index contributed by atoms with van der Waals surface area (Å²) in [5.41, 5.74) is 3.39. The Bertz CT molecular complexity index is 4670. The van der Waals surface area contributed by atoms with E-state index in [0.29, 0.717) is 34.4 Å². The average molecular weight is 976 g/mol. The van der Waals surface area contributed by atoms with E-state index in [1.807, 2.05) is 161 Å². The number of rotatable bonds is 5. The van der Waals surface area contributed by atoms with Crippen LogP contribution < -0.4 is 0 Å². The predicted octanol–water partition coefficient (Wildman–Crippen LogP) is 17.7. The zero-order valence-corrected chi connectivity index (χ0v) is 38.7. The first kappa shape index (κ1) is 43.3. The molecule has 14 aromatic rings. The quantitative estimate of drug-likeness (QED) is 0.159. The van der Waals surface area contributed by atoms with E-state index in [-0.39, 0.29) is 11.3 Å². The van der Waals surface area contributed by atoms with Crippen molar-refractivity contribution in [2.45, 2.75) is 12.4 Å². The van der Waals surface area contributed by atoms with Crippen LogP contribution in [0.2, 0.25) is 0 Å². The van der Waals surface area contributed by atoms with Gasteiger partial charge in [0, 0.05) is 65.6 Å². The van der Waals surface area contributed by atoms with Gasteiger partial charge in [0.05, 0.1) is 78.3 Å². The van der Waals surface area contributed by atoms with E-state index in [9.17, 15) is 5.26 Å². The van der Waals surface area contributed by atoms with Gasteiger partial charge in [-0.15, -0.1) is 0 Å². The molecule has 0 atom stereocenters. The molecule has 0 fully saturated rings. The number of para-hydroxylation sites is 6. The van der Waals surface area contributed by atoms with Gasteiger partial charge >= 0.3 is 12.4 Å². The molecule has 0 aliphatic carbocycles. The van der Waals surface area contributed by atoms with E-state index in [2.05, 4.69) is 45.5 Å². The fourth-order valence-electron chi connectivity index (χ4n) is 11.7. The molecule has 5 nitrogen and oxygen atoms in total. The molecule has 0 spiro atoms. The minimum absolute atomic E-state index is 0.245. The zero-order valence-electron chi connectivity index (χ0n) is 38.7. The van der Waals surface area contributed by atoms with Crippen LogP contribution >= 0.6 is 0 Å². The number of hydrogen-bond donors (Lipinski definition) is 0. The van der Waals surface area contributed by atoms with Crippen molar-refractivity contribution in [2.24, 2.45) is 0 Å². The Labute approximate surface area is 416 Å². The molecule has 11 heteroatoms. The van der Waals surface area contributed by atoms with Gasteiger partial charge in [0.2, 0.25) is 0 Å². The van der Waals surface area contributed by atoms with Crippen molar-refractivity contribution in [1.29, 1.82) is 5.26 Å². The molecule has 0 amide bonds. The number of aromatic nitrogens is 4. The van der Waals surface area contributed by atoms with Crippen LogP contribution in [0.5, 0.6) is 0 Å². The van der Waals surface area contributed by atoms with Crippen LogP contribution in [0.15, 0.2) is 212 Å². The lowest BCUT2D eigenvalue weighted by atomic mass is 9.89. The Balaban J connectivity index is 1.26. The number of hydrogen-bond acceptors (Lipinski definition) is 1. The van der Waals surface area contributed by atoms with Gasteiger partial charge in [0.15, 0.2) is 0 Å². The Morgan fingerprint density at radius 2 is 0.649 bits per heavy atom. The molecule has 0 saturated carbocycles. The Morgan fingerprint density at radius 3 is 1.01 bits per heavy atom. The summed E-state index contributed by atoms with van der Waals surface area (Å²) < 4.78 is 101. The lowest BCUT2D eigenvalue weighted by molar-refractivity contribution is -0.142. The Hall–Kier alpha value is -9.53. The van der Waals surface area contributed by atoms with E-state index in [1.54, 1.807) is 0 Å². The van der Waals surface area contributed by atoms with Gasteiger partial charge in [-0.1, -0.05) is 140 Å². The van der Waals surface area contributed by atoms with Gasteiger partial charge in [-0.25, -0.2) is 0 Å². The second kappa shape index (κ2) is 15.7. The summed E-state index contributed by atoms with van der Waals surface area (Å²) in [6, 6.07) is 66.6. The predicted molar refractivity (Wildman–Crippen MR) is 284 cm³/mol. The fourth-order valence-corrected chi connectivity index (χ4v) is 11.7. The molecular weight excluding hydrogens is 941 g/mol. The molecule has 0 bridgehead atoms. The standard InChI is InChI=1S/C63H35F6N5/c64-62(65,66)49-24-15-25-50(63(67,68)69)57(49)48-35-56(74-54-29-14-10-23-43(54)47-33-31-45-41-21-8-12-27-52(41)72(59(45)61(47)74)39-18-5-2-6-19-39)55(34-37(48)36-70)73-53-28-13-9-22-42(53)46-32-30-44-40-20-7-11-26-51(40)71(58(44)60(46)73)38-16-3-1-4-17-38/h1-35H. The smallest absolute Gasteiger partial charge is 0.307 e. The molecular formula is C63H35F6N5. The van der Waals surface area contributed by atoms with Crippen LogP contribution in [-0.2, 0) is 12.4 Å². The SMILES string of the molecule is N#Cc1cc(-n2c3ccccc3c3ccc4c5ccccc5n(-c5ccccc5)c4c32)c(-n2c3ccccc3c3ccc4c5ccccc5n(-c5ccccc5)c4c32)cc1-c1c(C(F)(F)F)cccc1C(F)(F)F. The molecule has 0 aliphatic rings. The van der Waals surface area contributed by atoms with Crippen LogP contribution in [0.3, 0.4) is 0 Å². The first-order valence-corrected chi connectivity index (χ1v) is 23.9. The van der Waals surface area contributed by atoms with Crippen molar-refractivity contribution in [2.75, 3.05) is 0 Å². The fraction of sp³-hybridized carbons (Fsp3) is 0.0317. The van der Waals surface area contributed by atoms with Crippen LogP contribution in [-0.4, -0.2) is 18.3 Å². The second-order valence-electron chi connectivity index (χ2n) is 18.5. The van der Waals surface area contributed by atoms with E-state index in [4.69, 9.17) is 0 Å². The van der Waals surface area contributed by atoms with Gasteiger partial charge in [-0.3, -0.25) is 0 Å². The third kappa shape index (κ3) is 6.12. The molecule has 10 aromatic carbocycles. The lowest BCUT2D eigenvalue weighted by Crippen LogP contribution is -2.15. The van der Waals surface area contributed by atoms with E-state index < -0.39 is 34.6 Å². The van der Waals surface area contributed by atoms with Crippen molar-refractivity contribution in [3.8, 4) is 39.9 Å². The van der Waals surface area contributed by atoms with Crippen molar-refractivity contribution in [3.05, 3.63) is 229 Å². The first-order chi connectivity index (χ1) is 36.0. The summed E-state index contributed by atoms with van der Waals surface area (Å²) in [4.78, 5) is 0. The maximum Gasteiger partial charge on any atom is 0.417 e. The molecule has 74 heavy (non-hydrogen) atoms. The minimum atomic E-state index is -5.24. The lowest BCUT2D eigenvalue weighted by Gasteiger charge is -2.23.